The molecule has 4 heteroatoms. The second kappa shape index (κ2) is 8.39. The molecule has 1 aliphatic carbocycles. The highest BCUT2D eigenvalue weighted by Gasteiger charge is 2.43. The van der Waals surface area contributed by atoms with Gasteiger partial charge in [-0.3, -0.25) is 0 Å². The van der Waals surface area contributed by atoms with Crippen molar-refractivity contribution in [2.24, 2.45) is 0 Å². The first-order valence-corrected chi connectivity index (χ1v) is 8.58. The van der Waals surface area contributed by atoms with Gasteiger partial charge >= 0.3 is 0 Å². The number of phenols is 1. The molecular weight excluding hydrogens is 328 g/mol. The largest absolute Gasteiger partial charge is 0.504 e. The van der Waals surface area contributed by atoms with Crippen LogP contribution in [0.1, 0.15) is 23.1 Å². The van der Waals surface area contributed by atoms with Crippen molar-refractivity contribution in [3.8, 4) is 11.5 Å². The summed E-state index contributed by atoms with van der Waals surface area (Å²) in [6, 6.07) is 1.84. The number of rotatable bonds is 8. The smallest absolute Gasteiger partial charge is 0.161 e. The highest BCUT2D eigenvalue weighted by atomic mass is 16.5. The lowest BCUT2D eigenvalue weighted by atomic mass is 9.77. The first-order chi connectivity index (χ1) is 12.5. The molecule has 2 unspecified atom stereocenters. The van der Waals surface area contributed by atoms with Gasteiger partial charge in [0.1, 0.15) is 11.7 Å². The van der Waals surface area contributed by atoms with Crippen LogP contribution in [0.5, 0.6) is 11.5 Å². The van der Waals surface area contributed by atoms with Crippen molar-refractivity contribution in [3.63, 3.8) is 0 Å². The van der Waals surface area contributed by atoms with Gasteiger partial charge in [-0.15, -0.1) is 13.2 Å². The summed E-state index contributed by atoms with van der Waals surface area (Å²) in [6.07, 6.45) is 10.8. The van der Waals surface area contributed by atoms with Gasteiger partial charge in [-0.25, -0.2) is 0 Å². The van der Waals surface area contributed by atoms with E-state index in [2.05, 4.69) is 13.2 Å². The fourth-order valence-corrected chi connectivity index (χ4v) is 3.62. The van der Waals surface area contributed by atoms with Gasteiger partial charge in [-0.05, 0) is 49.1 Å². The maximum absolute atomic E-state index is 10.6. The summed E-state index contributed by atoms with van der Waals surface area (Å²) in [5.41, 5.74) is 2.80. The minimum atomic E-state index is -0.856. The lowest BCUT2D eigenvalue weighted by Crippen LogP contribution is -2.43. The van der Waals surface area contributed by atoms with Crippen LogP contribution in [0, 0.1) is 6.92 Å². The molecule has 0 heterocycles. The second-order valence-electron chi connectivity index (χ2n) is 6.30. The zero-order valence-electron chi connectivity index (χ0n) is 16.0. The Morgan fingerprint density at radius 1 is 1.19 bits per heavy atom. The molecule has 0 amide bonds. The zero-order chi connectivity index (χ0) is 19.3. The van der Waals surface area contributed by atoms with Crippen LogP contribution in [0.4, 0.5) is 0 Å². The summed E-state index contributed by atoms with van der Waals surface area (Å²) in [4.78, 5) is 0. The second-order valence-corrected chi connectivity index (χ2v) is 6.30. The predicted molar refractivity (Wildman–Crippen MR) is 105 cm³/mol. The van der Waals surface area contributed by atoms with Gasteiger partial charge in [-0.2, -0.15) is 0 Å². The van der Waals surface area contributed by atoms with Gasteiger partial charge in [0.15, 0.2) is 11.5 Å². The van der Waals surface area contributed by atoms with E-state index in [-0.39, 0.29) is 11.9 Å². The minimum absolute atomic E-state index is 0.107. The Balaban J connectivity index is 2.74. The van der Waals surface area contributed by atoms with Gasteiger partial charge in [0, 0.05) is 25.3 Å². The maximum Gasteiger partial charge on any atom is 0.161 e. The summed E-state index contributed by atoms with van der Waals surface area (Å²) in [7, 11) is 4.85. The van der Waals surface area contributed by atoms with E-state index in [0.29, 0.717) is 17.7 Å². The number of phenolic OH excluding ortho intramolecular Hbond substituents is 1. The van der Waals surface area contributed by atoms with Crippen LogP contribution in [0.3, 0.4) is 0 Å². The lowest BCUT2D eigenvalue weighted by Gasteiger charge is -2.40. The van der Waals surface area contributed by atoms with E-state index in [1.54, 1.807) is 21.3 Å². The van der Waals surface area contributed by atoms with Crippen molar-refractivity contribution in [1.29, 1.82) is 0 Å². The summed E-state index contributed by atoms with van der Waals surface area (Å²) in [6.45, 7) is 9.52. The molecule has 1 N–H and O–H groups in total. The van der Waals surface area contributed by atoms with Crippen LogP contribution in [0.2, 0.25) is 0 Å². The van der Waals surface area contributed by atoms with Gasteiger partial charge in [0.25, 0.3) is 0 Å². The number of ether oxygens (including phenoxy) is 3. The monoisotopic (exact) mass is 356 g/mol. The molecule has 0 aromatic heterocycles. The molecule has 140 valence electrons. The quantitative estimate of drug-likeness (QED) is 0.703. The number of hydrogen-bond acceptors (Lipinski definition) is 4. The Hall–Kier alpha value is -2.30. The molecule has 1 aromatic rings. The Labute approximate surface area is 156 Å². The van der Waals surface area contributed by atoms with E-state index in [9.17, 15) is 5.11 Å². The molecule has 2 atom stereocenters. The molecule has 0 bridgehead atoms. The molecule has 0 radical (unpaired) electrons. The molecule has 1 aromatic carbocycles. The Bertz CT molecular complexity index is 745. The van der Waals surface area contributed by atoms with E-state index < -0.39 is 5.60 Å². The third-order valence-corrected chi connectivity index (χ3v) is 4.87. The van der Waals surface area contributed by atoms with Crippen LogP contribution in [0.15, 0.2) is 55.2 Å². The fourth-order valence-electron chi connectivity index (χ4n) is 3.62. The van der Waals surface area contributed by atoms with E-state index in [1.165, 1.54) is 0 Å². The normalized spacial score (nSPS) is 22.0. The Morgan fingerprint density at radius 2 is 1.88 bits per heavy atom. The first kappa shape index (κ1) is 20.0. The van der Waals surface area contributed by atoms with Crippen LogP contribution in [0.25, 0.3) is 0 Å². The molecular formula is C22H28O4. The van der Waals surface area contributed by atoms with Crippen molar-refractivity contribution in [3.05, 3.63) is 71.9 Å². The van der Waals surface area contributed by atoms with Crippen molar-refractivity contribution < 1.29 is 19.3 Å². The van der Waals surface area contributed by atoms with Crippen molar-refractivity contribution in [2.45, 2.75) is 31.5 Å². The van der Waals surface area contributed by atoms with Gasteiger partial charge in [0.05, 0.1) is 7.11 Å². The highest BCUT2D eigenvalue weighted by Crippen LogP contribution is 2.45. The van der Waals surface area contributed by atoms with Crippen LogP contribution < -0.4 is 4.74 Å². The molecule has 0 saturated carbocycles. The Morgan fingerprint density at radius 3 is 2.42 bits per heavy atom. The molecule has 26 heavy (non-hydrogen) atoms. The minimum Gasteiger partial charge on any atom is -0.504 e. The van der Waals surface area contributed by atoms with E-state index in [0.717, 1.165) is 23.1 Å². The van der Waals surface area contributed by atoms with Gasteiger partial charge in [0.2, 0.25) is 0 Å². The van der Waals surface area contributed by atoms with Crippen molar-refractivity contribution in [2.75, 3.05) is 21.3 Å². The van der Waals surface area contributed by atoms with Gasteiger partial charge in [-0.1, -0.05) is 18.2 Å². The van der Waals surface area contributed by atoms with Crippen molar-refractivity contribution in [1.82, 2.24) is 0 Å². The summed E-state index contributed by atoms with van der Waals surface area (Å²) in [5.74, 6) is 0.543. The van der Waals surface area contributed by atoms with E-state index in [4.69, 9.17) is 14.2 Å². The van der Waals surface area contributed by atoms with Crippen LogP contribution in [-0.2, 0) is 21.5 Å². The maximum atomic E-state index is 10.6. The van der Waals surface area contributed by atoms with Crippen LogP contribution in [-0.4, -0.2) is 32.5 Å². The zero-order valence-corrected chi connectivity index (χ0v) is 16.0. The average Bonchev–Trinajstić information content (AvgIpc) is 2.65. The average molecular weight is 356 g/mol. The summed E-state index contributed by atoms with van der Waals surface area (Å²) >= 11 is 0. The summed E-state index contributed by atoms with van der Waals surface area (Å²) in [5, 5.41) is 10.6. The number of hydrogen-bond donors (Lipinski definition) is 1. The molecule has 2 rings (SSSR count). The molecule has 0 aliphatic heterocycles. The first-order valence-electron chi connectivity index (χ1n) is 8.58. The predicted octanol–water partition coefficient (Wildman–Crippen LogP) is 4.37. The van der Waals surface area contributed by atoms with Crippen LogP contribution >= 0.6 is 0 Å². The third kappa shape index (κ3) is 3.35. The molecule has 0 saturated heterocycles. The third-order valence-electron chi connectivity index (χ3n) is 4.87. The standard InChI is InChI=1S/C22H28O4/c1-7-9-16-11-12-22(26-6,19(13-16)25-5)20-15(3)21(23)18(24-4)14-17(20)10-8-2/h7-8,11-14,19,23H,1-2,9-10H2,3-6H3. The number of methoxy groups -OCH3 is 3. The van der Waals surface area contributed by atoms with E-state index >= 15 is 0 Å². The molecule has 0 spiro atoms. The van der Waals surface area contributed by atoms with Crippen molar-refractivity contribution >= 4 is 0 Å². The van der Waals surface area contributed by atoms with Gasteiger partial charge < -0.3 is 19.3 Å². The SMILES string of the molecule is C=CCC1=CC(OC)C(OC)(c2c(CC=C)cc(OC)c(O)c2C)C=C1. The topological polar surface area (TPSA) is 47.9 Å². The molecule has 0 fully saturated rings. The summed E-state index contributed by atoms with van der Waals surface area (Å²) < 4.78 is 17.1. The number of aromatic hydroxyl groups is 1. The molecule has 4 nitrogen and oxygen atoms in total. The Kier molecular flexibility index (Phi) is 6.46. The molecule has 1 aliphatic rings. The highest BCUT2D eigenvalue weighted by molar-refractivity contribution is 5.58. The number of allylic oxidation sites excluding steroid dienone is 4. The number of benzene rings is 1. The van der Waals surface area contributed by atoms with E-state index in [1.807, 2.05) is 43.4 Å². The fraction of sp³-hybridized carbons (Fsp3) is 0.364. The lowest BCUT2D eigenvalue weighted by molar-refractivity contribution is -0.0724.